The fraction of sp³-hybridized carbons (Fsp3) is 0.933. The van der Waals surface area contributed by atoms with E-state index in [1.165, 1.54) is 0 Å². The maximum absolute atomic E-state index is 12.5. The summed E-state index contributed by atoms with van der Waals surface area (Å²) in [6.45, 7) is 11.4. The van der Waals surface area contributed by atoms with Crippen LogP contribution in [0.1, 0.15) is 41.0 Å². The van der Waals surface area contributed by atoms with E-state index in [1.54, 1.807) is 0 Å². The summed E-state index contributed by atoms with van der Waals surface area (Å²) in [5.41, 5.74) is 5.07. The van der Waals surface area contributed by atoms with Crippen molar-refractivity contribution in [3.05, 3.63) is 0 Å². The lowest BCUT2D eigenvalue weighted by molar-refractivity contribution is -0.171. The van der Waals surface area contributed by atoms with E-state index in [-0.39, 0.29) is 23.0 Å². The van der Waals surface area contributed by atoms with Gasteiger partial charge >= 0.3 is 0 Å². The molecule has 3 N–H and O–H groups in total. The van der Waals surface area contributed by atoms with Gasteiger partial charge in [0.05, 0.1) is 6.10 Å². The van der Waals surface area contributed by atoms with Crippen molar-refractivity contribution >= 4 is 5.91 Å². The van der Waals surface area contributed by atoms with Crippen molar-refractivity contribution in [3.63, 3.8) is 0 Å². The molecule has 0 saturated heterocycles. The topological polar surface area (TPSA) is 67.6 Å². The van der Waals surface area contributed by atoms with Crippen molar-refractivity contribution < 1.29 is 9.53 Å². The predicted octanol–water partition coefficient (Wildman–Crippen LogP) is 0.975. The molecule has 0 heterocycles. The van der Waals surface area contributed by atoms with Crippen LogP contribution in [-0.2, 0) is 9.53 Å². The summed E-state index contributed by atoms with van der Waals surface area (Å²) >= 11 is 0. The minimum absolute atomic E-state index is 0.0603. The third-order valence-corrected chi connectivity index (χ3v) is 5.13. The molecule has 1 amide bonds. The number of nitrogens with one attached hydrogen (secondary N) is 1. The number of carbonyl (C=O) groups is 1. The van der Waals surface area contributed by atoms with Gasteiger partial charge in [0.15, 0.2) is 0 Å². The van der Waals surface area contributed by atoms with E-state index in [9.17, 15) is 4.79 Å². The number of amides is 1. The Morgan fingerprint density at radius 3 is 2.40 bits per heavy atom. The summed E-state index contributed by atoms with van der Waals surface area (Å²) in [4.78, 5) is 14.6. The Bertz CT molecular complexity index is 366. The normalized spacial score (nSPS) is 29.1. The van der Waals surface area contributed by atoms with Gasteiger partial charge in [-0.2, -0.15) is 0 Å². The van der Waals surface area contributed by atoms with Crippen LogP contribution in [0, 0.1) is 5.41 Å². The molecule has 20 heavy (non-hydrogen) atoms. The second-order valence-electron chi connectivity index (χ2n) is 7.23. The fourth-order valence-electron chi connectivity index (χ4n) is 2.43. The smallest absolute Gasteiger partial charge is 0.240 e. The Morgan fingerprint density at radius 2 is 2.00 bits per heavy atom. The van der Waals surface area contributed by atoms with Crippen LogP contribution in [0.4, 0.5) is 0 Å². The number of hydrogen-bond donors (Lipinski definition) is 2. The average Bonchev–Trinajstić information content (AvgIpc) is 2.35. The van der Waals surface area contributed by atoms with Crippen molar-refractivity contribution in [2.75, 3.05) is 27.2 Å². The molecule has 1 saturated carbocycles. The molecular weight excluding hydrogens is 254 g/mol. The summed E-state index contributed by atoms with van der Waals surface area (Å²) < 4.78 is 5.65. The van der Waals surface area contributed by atoms with Crippen molar-refractivity contribution in [1.82, 2.24) is 10.2 Å². The van der Waals surface area contributed by atoms with Crippen LogP contribution in [0.5, 0.6) is 0 Å². The van der Waals surface area contributed by atoms with E-state index < -0.39 is 5.54 Å². The molecule has 5 nitrogen and oxygen atoms in total. The lowest BCUT2D eigenvalue weighted by Crippen LogP contribution is -2.76. The van der Waals surface area contributed by atoms with Crippen molar-refractivity contribution in [1.29, 1.82) is 0 Å². The molecule has 1 aliphatic carbocycles. The van der Waals surface area contributed by atoms with E-state index in [4.69, 9.17) is 10.5 Å². The maximum Gasteiger partial charge on any atom is 0.240 e. The van der Waals surface area contributed by atoms with Crippen LogP contribution in [-0.4, -0.2) is 55.2 Å². The summed E-state index contributed by atoms with van der Waals surface area (Å²) in [6, 6.07) is 0. The first-order chi connectivity index (χ1) is 8.99. The lowest BCUT2D eigenvalue weighted by Gasteiger charge is -2.57. The first-order valence-electron chi connectivity index (χ1n) is 7.35. The second kappa shape index (κ2) is 5.62. The van der Waals surface area contributed by atoms with Crippen LogP contribution < -0.4 is 11.1 Å². The van der Waals surface area contributed by atoms with Gasteiger partial charge in [0, 0.05) is 30.5 Å². The SMILES string of the molecule is CCOC1CC(N)(C(=O)NCC(C)(C)N(C)C)C1(C)C. The highest BCUT2D eigenvalue weighted by atomic mass is 16.5. The highest BCUT2D eigenvalue weighted by molar-refractivity contribution is 5.88. The Balaban J connectivity index is 2.65. The molecule has 0 bridgehead atoms. The Morgan fingerprint density at radius 1 is 1.45 bits per heavy atom. The number of carbonyl (C=O) groups excluding carboxylic acids is 1. The zero-order valence-electron chi connectivity index (χ0n) is 14.0. The zero-order chi connectivity index (χ0) is 15.8. The van der Waals surface area contributed by atoms with Crippen molar-refractivity contribution in [3.8, 4) is 0 Å². The monoisotopic (exact) mass is 285 g/mol. The molecule has 0 aromatic heterocycles. The van der Waals surface area contributed by atoms with Gasteiger partial charge in [-0.1, -0.05) is 13.8 Å². The largest absolute Gasteiger partial charge is 0.378 e. The minimum atomic E-state index is -0.838. The van der Waals surface area contributed by atoms with Gasteiger partial charge in [0.25, 0.3) is 0 Å². The third kappa shape index (κ3) is 2.85. The van der Waals surface area contributed by atoms with Gasteiger partial charge in [-0.3, -0.25) is 4.79 Å². The molecule has 1 fully saturated rings. The molecule has 2 unspecified atom stereocenters. The standard InChI is InChI=1S/C15H31N3O2/c1-8-20-11-9-15(16,14(11,4)5)12(19)17-10-13(2,3)18(6)7/h11H,8-10,16H2,1-7H3,(H,17,19). The molecule has 0 aromatic carbocycles. The quantitative estimate of drug-likeness (QED) is 0.763. The van der Waals surface area contributed by atoms with Gasteiger partial charge < -0.3 is 20.7 Å². The van der Waals surface area contributed by atoms with Crippen molar-refractivity contribution in [2.24, 2.45) is 11.1 Å². The van der Waals surface area contributed by atoms with Gasteiger partial charge in [0.1, 0.15) is 5.54 Å². The molecule has 118 valence electrons. The van der Waals surface area contributed by atoms with Crippen LogP contribution in [0.2, 0.25) is 0 Å². The Hall–Kier alpha value is -0.650. The van der Waals surface area contributed by atoms with Gasteiger partial charge in [-0.25, -0.2) is 0 Å². The lowest BCUT2D eigenvalue weighted by atomic mass is 9.54. The van der Waals surface area contributed by atoms with Crippen LogP contribution in [0.15, 0.2) is 0 Å². The summed E-state index contributed by atoms with van der Waals surface area (Å²) in [7, 11) is 4.01. The third-order valence-electron chi connectivity index (χ3n) is 5.13. The maximum atomic E-state index is 12.5. The molecule has 0 aromatic rings. The Kier molecular flexibility index (Phi) is 4.89. The van der Waals surface area contributed by atoms with Crippen LogP contribution in [0.3, 0.4) is 0 Å². The van der Waals surface area contributed by atoms with E-state index in [2.05, 4.69) is 24.1 Å². The molecule has 5 heteroatoms. The summed E-state index contributed by atoms with van der Waals surface area (Å²) in [6.07, 6.45) is 0.646. The molecule has 1 aliphatic rings. The van der Waals surface area contributed by atoms with E-state index in [0.717, 1.165) is 0 Å². The van der Waals surface area contributed by atoms with Gasteiger partial charge in [0.2, 0.25) is 5.91 Å². The fourth-order valence-corrected chi connectivity index (χ4v) is 2.43. The number of hydrogen-bond acceptors (Lipinski definition) is 4. The molecule has 2 atom stereocenters. The minimum Gasteiger partial charge on any atom is -0.378 e. The molecule has 0 radical (unpaired) electrons. The number of likely N-dealkylation sites (N-methyl/N-ethyl adjacent to an activating group) is 1. The van der Waals surface area contributed by atoms with Crippen LogP contribution >= 0.6 is 0 Å². The Labute approximate surface area is 123 Å². The van der Waals surface area contributed by atoms with Gasteiger partial charge in [-0.05, 0) is 34.9 Å². The van der Waals surface area contributed by atoms with E-state index in [0.29, 0.717) is 19.6 Å². The van der Waals surface area contributed by atoms with Crippen LogP contribution in [0.25, 0.3) is 0 Å². The highest BCUT2D eigenvalue weighted by Crippen LogP contribution is 2.49. The number of rotatable bonds is 6. The van der Waals surface area contributed by atoms with Gasteiger partial charge in [-0.15, -0.1) is 0 Å². The zero-order valence-corrected chi connectivity index (χ0v) is 14.0. The predicted molar refractivity (Wildman–Crippen MR) is 81.5 cm³/mol. The molecule has 0 aliphatic heterocycles. The average molecular weight is 285 g/mol. The summed E-state index contributed by atoms with van der Waals surface area (Å²) in [5.74, 6) is -0.0756. The number of nitrogens with two attached hydrogens (primary N) is 1. The highest BCUT2D eigenvalue weighted by Gasteiger charge is 2.62. The molecule has 1 rings (SSSR count). The first kappa shape index (κ1) is 17.4. The summed E-state index contributed by atoms with van der Waals surface area (Å²) in [5, 5.41) is 3.00. The first-order valence-corrected chi connectivity index (χ1v) is 7.35. The second-order valence-corrected chi connectivity index (χ2v) is 7.23. The molecular formula is C15H31N3O2. The number of nitrogens with zero attached hydrogens (tertiary/aromatic N) is 1. The molecule has 0 spiro atoms. The van der Waals surface area contributed by atoms with Crippen molar-refractivity contribution in [2.45, 2.75) is 58.2 Å². The number of ether oxygens (including phenoxy) is 1. The van der Waals surface area contributed by atoms with E-state index in [1.807, 2.05) is 34.9 Å². The van der Waals surface area contributed by atoms with E-state index >= 15 is 0 Å².